The summed E-state index contributed by atoms with van der Waals surface area (Å²) in [6.07, 6.45) is 9.88. The summed E-state index contributed by atoms with van der Waals surface area (Å²) < 4.78 is 1.78. The highest BCUT2D eigenvalue weighted by atomic mass is 35.5. The van der Waals surface area contributed by atoms with Crippen LogP contribution < -0.4 is 0 Å². The first-order valence-corrected chi connectivity index (χ1v) is 3.93. The zero-order valence-electron chi connectivity index (χ0n) is 7.31. The van der Waals surface area contributed by atoms with E-state index in [2.05, 4.69) is 18.5 Å². The van der Waals surface area contributed by atoms with Crippen LogP contribution in [0.2, 0.25) is 0 Å². The molecular formula is C9H15ClN2. The van der Waals surface area contributed by atoms with Gasteiger partial charge in [0.1, 0.15) is 0 Å². The second-order valence-corrected chi connectivity index (χ2v) is 2.87. The van der Waals surface area contributed by atoms with E-state index < -0.39 is 0 Å². The molecule has 1 aliphatic carbocycles. The largest absolute Gasteiger partial charge is 0.314 e. The summed E-state index contributed by atoms with van der Waals surface area (Å²) in [4.78, 5) is 3.78. The zero-order chi connectivity index (χ0) is 8.10. The fraction of sp³-hybridized carbons (Fsp3) is 0.444. The molecule has 0 aliphatic heterocycles. The van der Waals surface area contributed by atoms with Gasteiger partial charge in [0.25, 0.3) is 0 Å². The number of nitrogens with zero attached hydrogens (tertiary/aromatic N) is 2. The Morgan fingerprint density at radius 3 is 2.33 bits per heavy atom. The molecule has 1 aliphatic rings. The monoisotopic (exact) mass is 186 g/mol. The predicted molar refractivity (Wildman–Crippen MR) is 54.3 cm³/mol. The minimum atomic E-state index is 0. The molecule has 12 heavy (non-hydrogen) atoms. The fourth-order valence-corrected chi connectivity index (χ4v) is 0.544. The molecule has 0 saturated heterocycles. The van der Waals surface area contributed by atoms with Gasteiger partial charge in [0.2, 0.25) is 0 Å². The highest BCUT2D eigenvalue weighted by Gasteiger charge is 2.12. The average Bonchev–Trinajstić information content (AvgIpc) is 2.66. The van der Waals surface area contributed by atoms with E-state index in [1.54, 1.807) is 23.3 Å². The Balaban J connectivity index is 0.000000209. The van der Waals surface area contributed by atoms with Gasteiger partial charge in [0.05, 0.1) is 6.33 Å². The number of aromatic nitrogens is 2. The summed E-state index contributed by atoms with van der Waals surface area (Å²) in [6.45, 7) is 5.80. The Labute approximate surface area is 79.7 Å². The van der Waals surface area contributed by atoms with Gasteiger partial charge in [-0.2, -0.15) is 0 Å². The Morgan fingerprint density at radius 1 is 1.58 bits per heavy atom. The van der Waals surface area contributed by atoms with Crippen molar-refractivity contribution in [3.8, 4) is 0 Å². The van der Waals surface area contributed by atoms with Crippen molar-refractivity contribution in [2.24, 2.45) is 5.92 Å². The molecule has 2 rings (SSSR count). The second kappa shape index (κ2) is 5.84. The molecule has 0 amide bonds. The van der Waals surface area contributed by atoms with Crippen molar-refractivity contribution in [2.45, 2.75) is 19.8 Å². The van der Waals surface area contributed by atoms with E-state index in [0.29, 0.717) is 0 Å². The van der Waals surface area contributed by atoms with Crippen LogP contribution in [0.3, 0.4) is 0 Å². The number of hydrogen-bond acceptors (Lipinski definition) is 1. The third-order valence-corrected chi connectivity index (χ3v) is 1.60. The summed E-state index contributed by atoms with van der Waals surface area (Å²) in [5.41, 5.74) is 0. The van der Waals surface area contributed by atoms with Crippen molar-refractivity contribution < 1.29 is 0 Å². The molecule has 0 radical (unpaired) electrons. The molecule has 0 bridgehead atoms. The summed E-state index contributed by atoms with van der Waals surface area (Å²) in [5.74, 6) is 1.08. The molecule has 68 valence electrons. The van der Waals surface area contributed by atoms with Gasteiger partial charge < -0.3 is 4.57 Å². The van der Waals surface area contributed by atoms with Crippen molar-refractivity contribution >= 4 is 18.6 Å². The van der Waals surface area contributed by atoms with E-state index in [4.69, 9.17) is 0 Å². The molecule has 1 aromatic heterocycles. The lowest BCUT2D eigenvalue weighted by molar-refractivity contribution is 0.983. The Hall–Kier alpha value is -0.760. The normalized spacial score (nSPS) is 13.8. The Kier molecular flexibility index (Phi) is 5.47. The van der Waals surface area contributed by atoms with Crippen LogP contribution in [0, 0.1) is 5.92 Å². The lowest BCUT2D eigenvalue weighted by Crippen LogP contribution is -1.73. The van der Waals surface area contributed by atoms with Gasteiger partial charge in [0.15, 0.2) is 0 Å². The maximum atomic E-state index is 3.78. The Morgan fingerprint density at radius 2 is 2.17 bits per heavy atom. The Bertz CT molecular complexity index is 202. The molecule has 3 heteroatoms. The van der Waals surface area contributed by atoms with Gasteiger partial charge in [-0.3, -0.25) is 0 Å². The minimum absolute atomic E-state index is 0. The minimum Gasteiger partial charge on any atom is -0.314 e. The molecule has 1 heterocycles. The zero-order valence-corrected chi connectivity index (χ0v) is 8.13. The topological polar surface area (TPSA) is 17.8 Å². The first kappa shape index (κ1) is 11.2. The highest BCUT2D eigenvalue weighted by molar-refractivity contribution is 5.85. The molecular weight excluding hydrogens is 172 g/mol. The molecule has 0 aromatic carbocycles. The summed E-state index contributed by atoms with van der Waals surface area (Å²) in [6, 6.07) is 0. The van der Waals surface area contributed by atoms with E-state index in [-0.39, 0.29) is 12.4 Å². The summed E-state index contributed by atoms with van der Waals surface area (Å²) in [5, 5.41) is 0. The van der Waals surface area contributed by atoms with Crippen LogP contribution in [0.1, 0.15) is 19.8 Å². The van der Waals surface area contributed by atoms with E-state index in [9.17, 15) is 0 Å². The number of halogens is 1. The maximum absolute atomic E-state index is 3.78. The number of rotatable bonds is 1. The second-order valence-electron chi connectivity index (χ2n) is 2.87. The quantitative estimate of drug-likeness (QED) is 0.660. The van der Waals surface area contributed by atoms with Crippen LogP contribution in [0.15, 0.2) is 25.3 Å². The smallest absolute Gasteiger partial charge is 0.0986 e. The van der Waals surface area contributed by atoms with Crippen LogP contribution >= 0.6 is 12.4 Å². The standard InChI is InChI=1S/C5H6N2.C4H8.ClH/c1-2-7-4-3-6-5-7;1-4-2-3-4;/h2-5H,1H2;4H,2-3H2,1H3;1H. The average molecular weight is 187 g/mol. The molecule has 2 nitrogen and oxygen atoms in total. The summed E-state index contributed by atoms with van der Waals surface area (Å²) in [7, 11) is 0. The molecule has 1 aromatic rings. The van der Waals surface area contributed by atoms with E-state index in [1.165, 1.54) is 12.8 Å². The highest BCUT2D eigenvalue weighted by Crippen LogP contribution is 2.26. The lowest BCUT2D eigenvalue weighted by Gasteiger charge is -1.80. The number of hydrogen-bond donors (Lipinski definition) is 0. The molecule has 0 atom stereocenters. The third-order valence-electron chi connectivity index (χ3n) is 1.60. The van der Waals surface area contributed by atoms with Crippen molar-refractivity contribution in [3.05, 3.63) is 25.3 Å². The van der Waals surface area contributed by atoms with Crippen LogP contribution in [-0.2, 0) is 0 Å². The van der Waals surface area contributed by atoms with Gasteiger partial charge >= 0.3 is 0 Å². The van der Waals surface area contributed by atoms with Crippen molar-refractivity contribution in [3.63, 3.8) is 0 Å². The molecule has 1 saturated carbocycles. The van der Waals surface area contributed by atoms with Crippen LogP contribution in [0.4, 0.5) is 0 Å². The van der Waals surface area contributed by atoms with Crippen molar-refractivity contribution in [1.82, 2.24) is 9.55 Å². The van der Waals surface area contributed by atoms with Crippen LogP contribution in [-0.4, -0.2) is 9.55 Å². The SMILES string of the molecule is C=Cn1ccnc1.CC1CC1.Cl. The van der Waals surface area contributed by atoms with Crippen LogP contribution in [0.5, 0.6) is 0 Å². The molecule has 1 fully saturated rings. The van der Waals surface area contributed by atoms with E-state index >= 15 is 0 Å². The van der Waals surface area contributed by atoms with Gasteiger partial charge in [-0.05, 0) is 5.92 Å². The van der Waals surface area contributed by atoms with Crippen LogP contribution in [0.25, 0.3) is 6.20 Å². The number of imidazole rings is 1. The first-order valence-electron chi connectivity index (χ1n) is 3.93. The van der Waals surface area contributed by atoms with Gasteiger partial charge in [0, 0.05) is 18.6 Å². The third kappa shape index (κ3) is 4.97. The van der Waals surface area contributed by atoms with Gasteiger partial charge in [-0.1, -0.05) is 26.3 Å². The van der Waals surface area contributed by atoms with Gasteiger partial charge in [-0.15, -0.1) is 12.4 Å². The maximum Gasteiger partial charge on any atom is 0.0986 e. The fourth-order valence-electron chi connectivity index (χ4n) is 0.544. The summed E-state index contributed by atoms with van der Waals surface area (Å²) >= 11 is 0. The lowest BCUT2D eigenvalue weighted by atomic mass is 10.5. The van der Waals surface area contributed by atoms with Crippen molar-refractivity contribution in [2.75, 3.05) is 0 Å². The van der Waals surface area contributed by atoms with Gasteiger partial charge in [-0.25, -0.2) is 4.98 Å². The molecule has 0 unspecified atom stereocenters. The first-order chi connectivity index (χ1) is 5.33. The van der Waals surface area contributed by atoms with E-state index in [0.717, 1.165) is 5.92 Å². The van der Waals surface area contributed by atoms with E-state index in [1.807, 2.05) is 6.20 Å². The van der Waals surface area contributed by atoms with Crippen molar-refractivity contribution in [1.29, 1.82) is 0 Å². The molecule has 0 N–H and O–H groups in total. The predicted octanol–water partition coefficient (Wildman–Crippen LogP) is 2.82. The molecule has 0 spiro atoms.